The molecule has 1 aromatic carbocycles. The predicted molar refractivity (Wildman–Crippen MR) is 95.8 cm³/mol. The molecule has 0 aromatic heterocycles. The number of benzene rings is 1. The minimum atomic E-state index is -0.631. The summed E-state index contributed by atoms with van der Waals surface area (Å²) in [7, 11) is 0. The Bertz CT molecular complexity index is 683. The van der Waals surface area contributed by atoms with Gasteiger partial charge in [-0.3, -0.25) is 4.79 Å². The average Bonchev–Trinajstić information content (AvgIpc) is 2.53. The maximum atomic E-state index is 12.4. The van der Waals surface area contributed by atoms with E-state index in [1.165, 1.54) is 25.3 Å². The van der Waals surface area contributed by atoms with Crippen LogP contribution in [-0.2, 0) is 9.53 Å². The van der Waals surface area contributed by atoms with Crippen molar-refractivity contribution in [1.82, 2.24) is 5.32 Å². The molecule has 5 rings (SSSR count). The molecular weight excluding hydrogens is 361 g/mol. The summed E-state index contributed by atoms with van der Waals surface area (Å²) in [4.78, 5) is 24.5. The summed E-state index contributed by atoms with van der Waals surface area (Å²) >= 11 is 11.9. The third kappa shape index (κ3) is 3.39. The molecule has 1 N–H and O–H groups in total. The Balaban J connectivity index is 1.35. The quantitative estimate of drug-likeness (QED) is 0.793. The molecule has 0 spiro atoms. The Hall–Kier alpha value is -1.26. The number of halogens is 2. The van der Waals surface area contributed by atoms with Crippen LogP contribution in [0.4, 0.5) is 0 Å². The van der Waals surface area contributed by atoms with Crippen molar-refractivity contribution >= 4 is 35.1 Å². The molecule has 4 fully saturated rings. The van der Waals surface area contributed by atoms with Crippen molar-refractivity contribution in [3.8, 4) is 0 Å². The fraction of sp³-hybridized carbons (Fsp3) is 0.579. The third-order valence-corrected chi connectivity index (χ3v) is 6.77. The van der Waals surface area contributed by atoms with E-state index >= 15 is 0 Å². The normalized spacial score (nSPS) is 32.5. The number of esters is 1. The minimum absolute atomic E-state index is 0.0774. The second-order valence-corrected chi connectivity index (χ2v) is 8.71. The Morgan fingerprint density at radius 1 is 1.08 bits per heavy atom. The smallest absolute Gasteiger partial charge is 0.340 e. The number of hydrogen-bond acceptors (Lipinski definition) is 3. The summed E-state index contributed by atoms with van der Waals surface area (Å²) in [5.41, 5.74) is 0.100. The van der Waals surface area contributed by atoms with Crippen LogP contribution in [0.15, 0.2) is 18.2 Å². The summed E-state index contributed by atoms with van der Waals surface area (Å²) in [6, 6.07) is 4.76. The van der Waals surface area contributed by atoms with E-state index in [4.69, 9.17) is 27.9 Å². The van der Waals surface area contributed by atoms with Gasteiger partial charge >= 0.3 is 5.97 Å². The Labute approximate surface area is 157 Å². The van der Waals surface area contributed by atoms with Crippen LogP contribution in [-0.4, -0.2) is 24.0 Å². The molecule has 4 saturated carbocycles. The predicted octanol–water partition coefficient (Wildman–Crippen LogP) is 4.24. The molecule has 25 heavy (non-hydrogen) atoms. The van der Waals surface area contributed by atoms with Crippen molar-refractivity contribution in [3.63, 3.8) is 0 Å². The molecule has 0 atom stereocenters. The fourth-order valence-corrected chi connectivity index (χ4v) is 5.84. The molecule has 1 amide bonds. The lowest BCUT2D eigenvalue weighted by Crippen LogP contribution is -2.60. The molecule has 134 valence electrons. The van der Waals surface area contributed by atoms with E-state index in [0.717, 1.165) is 37.0 Å². The molecule has 4 bridgehead atoms. The summed E-state index contributed by atoms with van der Waals surface area (Å²) < 4.78 is 5.15. The zero-order chi connectivity index (χ0) is 17.6. The number of carbonyl (C=O) groups is 2. The van der Waals surface area contributed by atoms with Crippen LogP contribution >= 0.6 is 23.2 Å². The fourth-order valence-electron chi connectivity index (χ4n) is 5.47. The monoisotopic (exact) mass is 381 g/mol. The summed E-state index contributed by atoms with van der Waals surface area (Å²) in [5, 5.41) is 3.62. The van der Waals surface area contributed by atoms with Gasteiger partial charge < -0.3 is 10.1 Å². The molecule has 0 aliphatic heterocycles. The summed E-state index contributed by atoms with van der Waals surface area (Å²) in [6.07, 6.45) is 7.16. The van der Waals surface area contributed by atoms with E-state index in [2.05, 4.69) is 5.32 Å². The Morgan fingerprint density at radius 2 is 1.68 bits per heavy atom. The molecule has 0 saturated heterocycles. The van der Waals surface area contributed by atoms with Crippen LogP contribution in [0.1, 0.15) is 48.9 Å². The zero-order valence-corrected chi connectivity index (χ0v) is 15.4. The van der Waals surface area contributed by atoms with E-state index in [1.807, 2.05) is 0 Å². The lowest BCUT2D eigenvalue weighted by atomic mass is 9.53. The van der Waals surface area contributed by atoms with Crippen molar-refractivity contribution in [2.24, 2.45) is 17.8 Å². The number of ether oxygens (including phenoxy) is 1. The second-order valence-electron chi connectivity index (χ2n) is 7.92. The first-order chi connectivity index (χ1) is 11.9. The molecule has 4 nitrogen and oxygen atoms in total. The molecule has 0 unspecified atom stereocenters. The van der Waals surface area contributed by atoms with Crippen LogP contribution < -0.4 is 5.32 Å². The molecule has 4 aliphatic carbocycles. The van der Waals surface area contributed by atoms with Crippen molar-refractivity contribution < 1.29 is 14.3 Å². The summed E-state index contributed by atoms with van der Waals surface area (Å²) in [5.74, 6) is 1.39. The van der Waals surface area contributed by atoms with Gasteiger partial charge in [0.1, 0.15) is 0 Å². The van der Waals surface area contributed by atoms with E-state index in [0.29, 0.717) is 0 Å². The van der Waals surface area contributed by atoms with Gasteiger partial charge in [-0.1, -0.05) is 29.3 Å². The number of amides is 1. The Kier molecular flexibility index (Phi) is 4.45. The van der Waals surface area contributed by atoms with E-state index in [9.17, 15) is 9.59 Å². The van der Waals surface area contributed by atoms with Gasteiger partial charge in [-0.2, -0.15) is 0 Å². The first-order valence-electron chi connectivity index (χ1n) is 8.86. The van der Waals surface area contributed by atoms with Gasteiger partial charge in [-0.15, -0.1) is 0 Å². The highest BCUT2D eigenvalue weighted by Crippen LogP contribution is 2.55. The van der Waals surface area contributed by atoms with Gasteiger partial charge in [-0.05, 0) is 68.4 Å². The van der Waals surface area contributed by atoms with Crippen molar-refractivity contribution in [2.75, 3.05) is 6.61 Å². The molecule has 1 aromatic rings. The maximum absolute atomic E-state index is 12.4. The number of carbonyl (C=O) groups excluding carboxylic acids is 2. The number of nitrogens with one attached hydrogen (secondary N) is 1. The van der Waals surface area contributed by atoms with Crippen LogP contribution in [0, 0.1) is 17.8 Å². The van der Waals surface area contributed by atoms with Crippen LogP contribution in [0.3, 0.4) is 0 Å². The van der Waals surface area contributed by atoms with E-state index < -0.39 is 5.97 Å². The number of hydrogen-bond donors (Lipinski definition) is 1. The average molecular weight is 382 g/mol. The highest BCUT2D eigenvalue weighted by Gasteiger charge is 2.51. The van der Waals surface area contributed by atoms with Crippen molar-refractivity contribution in [1.29, 1.82) is 0 Å². The van der Waals surface area contributed by atoms with Gasteiger partial charge in [0.15, 0.2) is 6.61 Å². The maximum Gasteiger partial charge on any atom is 0.340 e. The van der Waals surface area contributed by atoms with Crippen LogP contribution in [0.2, 0.25) is 10.0 Å². The lowest BCUT2D eigenvalue weighted by Gasteiger charge is -2.56. The van der Waals surface area contributed by atoms with Gasteiger partial charge in [0.25, 0.3) is 5.91 Å². The standard InChI is InChI=1S/C19H21Cl2NO3/c20-15-3-1-2-14(17(15)21)18(24)25-10-16(23)22-19-7-11-4-12(8-19)6-13(5-11)9-19/h1-3,11-13H,4-10H2,(H,22,23). The van der Waals surface area contributed by atoms with Gasteiger partial charge in [0.2, 0.25) is 0 Å². The third-order valence-electron chi connectivity index (χ3n) is 5.95. The lowest BCUT2D eigenvalue weighted by molar-refractivity contribution is -0.130. The minimum Gasteiger partial charge on any atom is -0.452 e. The Morgan fingerprint density at radius 3 is 2.28 bits per heavy atom. The topological polar surface area (TPSA) is 55.4 Å². The first kappa shape index (κ1) is 17.2. The van der Waals surface area contributed by atoms with E-state index in [1.54, 1.807) is 12.1 Å². The van der Waals surface area contributed by atoms with Crippen molar-refractivity contribution in [3.05, 3.63) is 33.8 Å². The van der Waals surface area contributed by atoms with E-state index in [-0.39, 0.29) is 33.7 Å². The highest BCUT2D eigenvalue weighted by atomic mass is 35.5. The first-order valence-corrected chi connectivity index (χ1v) is 9.62. The highest BCUT2D eigenvalue weighted by molar-refractivity contribution is 6.43. The molecule has 4 aliphatic rings. The molecule has 0 radical (unpaired) electrons. The molecular formula is C19H21Cl2NO3. The van der Waals surface area contributed by atoms with Gasteiger partial charge in [0.05, 0.1) is 15.6 Å². The summed E-state index contributed by atoms with van der Waals surface area (Å²) in [6.45, 7) is -0.288. The second kappa shape index (κ2) is 6.48. The largest absolute Gasteiger partial charge is 0.452 e. The van der Waals surface area contributed by atoms with Crippen LogP contribution in [0.5, 0.6) is 0 Å². The van der Waals surface area contributed by atoms with Crippen molar-refractivity contribution in [2.45, 2.75) is 44.1 Å². The zero-order valence-electron chi connectivity index (χ0n) is 13.9. The molecule has 6 heteroatoms. The SMILES string of the molecule is O=C(COC(=O)c1cccc(Cl)c1Cl)NC12CC3CC(CC(C3)C1)C2. The van der Waals surface area contributed by atoms with Gasteiger partial charge in [0, 0.05) is 5.54 Å². The van der Waals surface area contributed by atoms with Crippen LogP contribution in [0.25, 0.3) is 0 Å². The number of rotatable bonds is 4. The van der Waals surface area contributed by atoms with Gasteiger partial charge in [-0.25, -0.2) is 4.79 Å². The molecule has 0 heterocycles.